The molecule has 8 heteroatoms. The Kier molecular flexibility index (Phi) is 5.31. The molecule has 1 rings (SSSR count). The van der Waals surface area contributed by atoms with E-state index in [1.165, 1.54) is 0 Å². The van der Waals surface area contributed by atoms with Crippen molar-refractivity contribution in [3.05, 3.63) is 17.8 Å². The van der Waals surface area contributed by atoms with Crippen LogP contribution in [-0.2, 0) is 4.79 Å². The number of aliphatic hydroxyl groups is 1. The molecule has 0 fully saturated rings. The lowest BCUT2D eigenvalue weighted by Gasteiger charge is -2.12. The van der Waals surface area contributed by atoms with Crippen molar-refractivity contribution in [2.24, 2.45) is 0 Å². The van der Waals surface area contributed by atoms with Crippen molar-refractivity contribution in [1.29, 1.82) is 0 Å². The van der Waals surface area contributed by atoms with Crippen molar-refractivity contribution in [2.75, 3.05) is 6.54 Å². The molecule has 0 saturated heterocycles. The van der Waals surface area contributed by atoms with Crippen LogP contribution in [0.15, 0.2) is 10.6 Å². The van der Waals surface area contributed by atoms with Gasteiger partial charge in [-0.25, -0.2) is 14.6 Å². The van der Waals surface area contributed by atoms with E-state index in [2.05, 4.69) is 15.6 Å². The molecule has 106 valence electrons. The lowest BCUT2D eigenvalue weighted by molar-refractivity contribution is -0.146. The number of carbonyl (C=O) groups excluding carboxylic acids is 1. The van der Waals surface area contributed by atoms with E-state index in [9.17, 15) is 9.59 Å². The topological polar surface area (TPSA) is 125 Å². The second kappa shape index (κ2) is 6.74. The van der Waals surface area contributed by atoms with Crippen molar-refractivity contribution in [2.45, 2.75) is 32.4 Å². The average Bonchev–Trinajstić information content (AvgIpc) is 2.75. The van der Waals surface area contributed by atoms with Crippen LogP contribution in [0.4, 0.5) is 4.79 Å². The molecular weight excluding hydrogens is 254 g/mol. The highest BCUT2D eigenvalue weighted by atomic mass is 16.4. The summed E-state index contributed by atoms with van der Waals surface area (Å²) in [6.45, 7) is 3.50. The van der Waals surface area contributed by atoms with Crippen LogP contribution in [0.5, 0.6) is 0 Å². The van der Waals surface area contributed by atoms with Crippen LogP contribution in [0.3, 0.4) is 0 Å². The molecule has 0 radical (unpaired) electrons. The van der Waals surface area contributed by atoms with Gasteiger partial charge in [0.15, 0.2) is 6.10 Å². The minimum atomic E-state index is -1.48. The zero-order valence-electron chi connectivity index (χ0n) is 10.7. The largest absolute Gasteiger partial charge is 0.479 e. The number of aliphatic hydroxyl groups excluding tert-OH is 1. The van der Waals surface area contributed by atoms with Gasteiger partial charge in [0.1, 0.15) is 11.8 Å². The standard InChI is InChI=1S/C11H17N3O5/c1-6-5-13-9(19-6)7(2)14-11(18)12-4-3-8(15)10(16)17/h5,7-8,15H,3-4H2,1-2H3,(H,16,17)(H2,12,14,18). The van der Waals surface area contributed by atoms with Crippen molar-refractivity contribution in [1.82, 2.24) is 15.6 Å². The SMILES string of the molecule is Cc1cnc(C(C)NC(=O)NCCC(O)C(=O)O)o1. The van der Waals surface area contributed by atoms with Crippen LogP contribution in [0.1, 0.15) is 31.0 Å². The summed E-state index contributed by atoms with van der Waals surface area (Å²) in [4.78, 5) is 25.8. The van der Waals surface area contributed by atoms with E-state index in [4.69, 9.17) is 14.6 Å². The molecule has 8 nitrogen and oxygen atoms in total. The van der Waals surface area contributed by atoms with Gasteiger partial charge in [-0.1, -0.05) is 0 Å². The van der Waals surface area contributed by atoms with Crippen LogP contribution >= 0.6 is 0 Å². The zero-order valence-corrected chi connectivity index (χ0v) is 10.7. The highest BCUT2D eigenvalue weighted by Crippen LogP contribution is 2.11. The summed E-state index contributed by atoms with van der Waals surface area (Å²) in [6, 6.07) is -0.890. The third kappa shape index (κ3) is 4.96. The van der Waals surface area contributed by atoms with Gasteiger partial charge in [-0.15, -0.1) is 0 Å². The molecule has 19 heavy (non-hydrogen) atoms. The molecule has 4 N–H and O–H groups in total. The Morgan fingerprint density at radius 3 is 2.74 bits per heavy atom. The fourth-order valence-corrected chi connectivity index (χ4v) is 1.33. The maximum absolute atomic E-state index is 11.5. The molecule has 0 spiro atoms. The summed E-state index contributed by atoms with van der Waals surface area (Å²) in [5.74, 6) is -0.280. The second-order valence-electron chi connectivity index (χ2n) is 4.07. The van der Waals surface area contributed by atoms with E-state index in [1.807, 2.05) is 0 Å². The number of aromatic nitrogens is 1. The minimum Gasteiger partial charge on any atom is -0.479 e. The molecule has 1 heterocycles. The van der Waals surface area contributed by atoms with E-state index in [-0.39, 0.29) is 13.0 Å². The van der Waals surface area contributed by atoms with E-state index in [0.717, 1.165) is 0 Å². The number of hydrogen-bond acceptors (Lipinski definition) is 5. The lowest BCUT2D eigenvalue weighted by atomic mass is 10.2. The van der Waals surface area contributed by atoms with Crippen LogP contribution < -0.4 is 10.6 Å². The Balaban J connectivity index is 2.29. The Hall–Kier alpha value is -2.09. The molecule has 0 aliphatic carbocycles. The first kappa shape index (κ1) is 15.0. The third-order valence-corrected chi connectivity index (χ3v) is 2.35. The number of aliphatic carboxylic acids is 1. The Morgan fingerprint density at radius 1 is 1.53 bits per heavy atom. The summed E-state index contributed by atoms with van der Waals surface area (Å²) in [5.41, 5.74) is 0. The Bertz CT molecular complexity index is 445. The number of rotatable bonds is 6. The molecule has 1 aromatic rings. The fraction of sp³-hybridized carbons (Fsp3) is 0.545. The average molecular weight is 271 g/mol. The molecule has 0 aromatic carbocycles. The van der Waals surface area contributed by atoms with Gasteiger partial charge in [-0.05, 0) is 13.8 Å². The van der Waals surface area contributed by atoms with Crippen molar-refractivity contribution >= 4 is 12.0 Å². The number of amides is 2. The maximum Gasteiger partial charge on any atom is 0.332 e. The van der Waals surface area contributed by atoms with Gasteiger partial charge in [0.2, 0.25) is 5.89 Å². The molecule has 0 aliphatic rings. The highest BCUT2D eigenvalue weighted by Gasteiger charge is 2.15. The van der Waals surface area contributed by atoms with Crippen molar-refractivity contribution in [3.8, 4) is 0 Å². The summed E-state index contributed by atoms with van der Waals surface area (Å²) in [7, 11) is 0. The number of carboxylic acids is 1. The van der Waals surface area contributed by atoms with Gasteiger partial charge in [0.05, 0.1) is 6.20 Å². The highest BCUT2D eigenvalue weighted by molar-refractivity contribution is 5.74. The van der Waals surface area contributed by atoms with Crippen molar-refractivity contribution < 1.29 is 24.2 Å². The van der Waals surface area contributed by atoms with Gasteiger partial charge in [-0.2, -0.15) is 0 Å². The first-order valence-electron chi connectivity index (χ1n) is 5.77. The molecule has 1 aromatic heterocycles. The second-order valence-corrected chi connectivity index (χ2v) is 4.07. The first-order chi connectivity index (χ1) is 8.90. The minimum absolute atomic E-state index is 0.0522. The molecule has 0 saturated carbocycles. The predicted molar refractivity (Wildman–Crippen MR) is 64.4 cm³/mol. The molecule has 0 bridgehead atoms. The van der Waals surface area contributed by atoms with Crippen LogP contribution in [0.2, 0.25) is 0 Å². The number of nitrogens with zero attached hydrogens (tertiary/aromatic N) is 1. The molecule has 0 aliphatic heterocycles. The number of aryl methyl sites for hydroxylation is 1. The van der Waals surface area contributed by atoms with E-state index in [0.29, 0.717) is 11.7 Å². The number of oxazole rings is 1. The van der Waals surface area contributed by atoms with E-state index < -0.39 is 24.1 Å². The smallest absolute Gasteiger partial charge is 0.332 e. The van der Waals surface area contributed by atoms with Crippen molar-refractivity contribution in [3.63, 3.8) is 0 Å². The van der Waals surface area contributed by atoms with Crippen LogP contribution in [0.25, 0.3) is 0 Å². The summed E-state index contributed by atoms with van der Waals surface area (Å²) in [5, 5.41) is 22.5. The molecule has 2 atom stereocenters. The monoisotopic (exact) mass is 271 g/mol. The number of hydrogen-bond donors (Lipinski definition) is 4. The molecule has 2 amide bonds. The number of carbonyl (C=O) groups is 2. The van der Waals surface area contributed by atoms with Gasteiger partial charge >= 0.3 is 12.0 Å². The summed E-state index contributed by atoms with van der Waals surface area (Å²) >= 11 is 0. The molecular formula is C11H17N3O5. The maximum atomic E-state index is 11.5. The van der Waals surface area contributed by atoms with Crippen LogP contribution in [-0.4, -0.2) is 39.8 Å². The third-order valence-electron chi connectivity index (χ3n) is 2.35. The summed E-state index contributed by atoms with van der Waals surface area (Å²) < 4.78 is 5.25. The Labute approximate surface area is 109 Å². The first-order valence-corrected chi connectivity index (χ1v) is 5.77. The molecule has 2 unspecified atom stereocenters. The normalized spacial score (nSPS) is 13.6. The van der Waals surface area contributed by atoms with E-state index >= 15 is 0 Å². The predicted octanol–water partition coefficient (Wildman–Crippen LogP) is 0.179. The van der Waals surface area contributed by atoms with Gasteiger partial charge < -0.3 is 25.3 Å². The van der Waals surface area contributed by atoms with Crippen LogP contribution in [0, 0.1) is 6.92 Å². The Morgan fingerprint density at radius 2 is 2.21 bits per heavy atom. The van der Waals surface area contributed by atoms with Gasteiger partial charge in [0.25, 0.3) is 0 Å². The van der Waals surface area contributed by atoms with Gasteiger partial charge in [0, 0.05) is 13.0 Å². The summed E-state index contributed by atoms with van der Waals surface area (Å²) in [6.07, 6.45) is 0.0104. The van der Waals surface area contributed by atoms with E-state index in [1.54, 1.807) is 20.0 Å². The number of urea groups is 1. The fourth-order valence-electron chi connectivity index (χ4n) is 1.33. The number of carboxylic acid groups (broad SMARTS) is 1. The number of nitrogens with one attached hydrogen (secondary N) is 2. The lowest BCUT2D eigenvalue weighted by Crippen LogP contribution is -2.39. The van der Waals surface area contributed by atoms with Gasteiger partial charge in [-0.3, -0.25) is 0 Å². The quantitative estimate of drug-likeness (QED) is 0.585. The zero-order chi connectivity index (χ0) is 14.4.